The van der Waals surface area contributed by atoms with Crippen molar-refractivity contribution in [2.24, 2.45) is 5.92 Å². The Morgan fingerprint density at radius 3 is 2.72 bits per heavy atom. The number of carbonyl (C=O) groups is 1. The number of hydrogen-bond acceptors (Lipinski definition) is 5. The van der Waals surface area contributed by atoms with Gasteiger partial charge in [-0.2, -0.15) is 4.98 Å². The normalized spacial score (nSPS) is 22.8. The zero-order valence-electron chi connectivity index (χ0n) is 15.0. The highest BCUT2D eigenvalue weighted by atomic mass is 16.5. The maximum atomic E-state index is 12.5. The lowest BCUT2D eigenvalue weighted by Crippen LogP contribution is -2.45. The molecule has 138 valence electrons. The van der Waals surface area contributed by atoms with Crippen molar-refractivity contribution in [2.75, 3.05) is 13.2 Å². The second kappa shape index (κ2) is 8.47. The van der Waals surface area contributed by atoms with Crippen molar-refractivity contribution in [1.82, 2.24) is 20.8 Å². The van der Waals surface area contributed by atoms with Crippen LogP contribution in [0.2, 0.25) is 0 Å². The number of nitrogens with zero attached hydrogens (tertiary/aromatic N) is 2. The van der Waals surface area contributed by atoms with Gasteiger partial charge in [-0.3, -0.25) is 0 Å². The van der Waals surface area contributed by atoms with Crippen LogP contribution in [0.4, 0.5) is 4.79 Å². The Morgan fingerprint density at radius 1 is 1.28 bits per heavy atom. The highest BCUT2D eigenvalue weighted by Gasteiger charge is 2.32. The molecule has 2 heterocycles. The molecule has 3 rings (SSSR count). The van der Waals surface area contributed by atoms with Crippen LogP contribution in [0.5, 0.6) is 0 Å². The molecule has 1 aliphatic carbocycles. The summed E-state index contributed by atoms with van der Waals surface area (Å²) < 4.78 is 10.9. The number of aromatic nitrogens is 2. The van der Waals surface area contributed by atoms with Crippen LogP contribution in [0.3, 0.4) is 0 Å². The van der Waals surface area contributed by atoms with Crippen molar-refractivity contribution >= 4 is 6.03 Å². The summed E-state index contributed by atoms with van der Waals surface area (Å²) in [6.45, 7) is 5.43. The Kier molecular flexibility index (Phi) is 6.07. The van der Waals surface area contributed by atoms with Gasteiger partial charge in [0.2, 0.25) is 5.89 Å². The molecule has 1 aromatic heterocycles. The Labute approximate surface area is 148 Å². The molecular weight excluding hydrogens is 320 g/mol. The van der Waals surface area contributed by atoms with E-state index in [0.717, 1.165) is 32.1 Å². The molecule has 0 aromatic carbocycles. The van der Waals surface area contributed by atoms with Crippen molar-refractivity contribution in [1.29, 1.82) is 0 Å². The van der Waals surface area contributed by atoms with Gasteiger partial charge in [-0.05, 0) is 38.0 Å². The monoisotopic (exact) mass is 348 g/mol. The van der Waals surface area contributed by atoms with Crippen molar-refractivity contribution in [3.8, 4) is 0 Å². The van der Waals surface area contributed by atoms with Crippen molar-refractivity contribution in [3.63, 3.8) is 0 Å². The molecule has 0 radical (unpaired) electrons. The topological polar surface area (TPSA) is 89.3 Å². The van der Waals surface area contributed by atoms with Crippen molar-refractivity contribution in [2.45, 2.75) is 64.0 Å². The van der Waals surface area contributed by atoms with Gasteiger partial charge in [-0.15, -0.1) is 0 Å². The first-order chi connectivity index (χ1) is 12.1. The van der Waals surface area contributed by atoms with Gasteiger partial charge < -0.3 is 19.9 Å². The molecular formula is C18H28N4O3. The highest BCUT2D eigenvalue weighted by Crippen LogP contribution is 2.30. The van der Waals surface area contributed by atoms with Gasteiger partial charge in [0, 0.05) is 25.2 Å². The van der Waals surface area contributed by atoms with E-state index < -0.39 is 0 Å². The average Bonchev–Trinajstić information content (AvgIpc) is 3.11. The molecule has 7 nitrogen and oxygen atoms in total. The van der Waals surface area contributed by atoms with Gasteiger partial charge in [0.1, 0.15) is 6.04 Å². The van der Waals surface area contributed by atoms with Gasteiger partial charge in [0.25, 0.3) is 0 Å². The lowest BCUT2D eigenvalue weighted by atomic mass is 9.91. The van der Waals surface area contributed by atoms with Gasteiger partial charge in [-0.1, -0.05) is 31.2 Å². The number of carbonyl (C=O) groups excluding carboxylic acids is 1. The Bertz CT molecular complexity index is 593. The quantitative estimate of drug-likeness (QED) is 0.798. The number of urea groups is 1. The fourth-order valence-corrected chi connectivity index (χ4v) is 3.32. The van der Waals surface area contributed by atoms with Crippen LogP contribution < -0.4 is 10.6 Å². The first-order valence-electron chi connectivity index (χ1n) is 9.28. The van der Waals surface area contributed by atoms with Crippen molar-refractivity contribution in [3.05, 3.63) is 23.9 Å². The van der Waals surface area contributed by atoms with Crippen LogP contribution >= 0.6 is 0 Å². The molecule has 2 amide bonds. The van der Waals surface area contributed by atoms with E-state index in [1.54, 1.807) is 0 Å². The van der Waals surface area contributed by atoms with Crippen LogP contribution in [0.1, 0.15) is 69.6 Å². The van der Waals surface area contributed by atoms with Crippen LogP contribution in [-0.2, 0) is 4.74 Å². The lowest BCUT2D eigenvalue weighted by Gasteiger charge is -2.29. The summed E-state index contributed by atoms with van der Waals surface area (Å²) in [6.07, 6.45) is 9.09. The molecule has 0 spiro atoms. The number of nitrogens with one attached hydrogen (secondary N) is 2. The van der Waals surface area contributed by atoms with Crippen LogP contribution in [0.15, 0.2) is 16.7 Å². The zero-order chi connectivity index (χ0) is 17.6. The van der Waals surface area contributed by atoms with E-state index >= 15 is 0 Å². The second-order valence-electron chi connectivity index (χ2n) is 7.16. The first kappa shape index (κ1) is 17.9. The molecule has 2 N–H and O–H groups in total. The molecule has 25 heavy (non-hydrogen) atoms. The fraction of sp³-hybridized carbons (Fsp3) is 0.722. The third kappa shape index (κ3) is 4.81. The number of allylic oxidation sites excluding steroid dienone is 1. The molecule has 2 atom stereocenters. The van der Waals surface area contributed by atoms with Gasteiger partial charge in [-0.25, -0.2) is 4.79 Å². The number of hydrogen-bond donors (Lipinski definition) is 2. The summed E-state index contributed by atoms with van der Waals surface area (Å²) in [6, 6.07) is -0.369. The summed E-state index contributed by atoms with van der Waals surface area (Å²) in [5, 5.41) is 10.2. The van der Waals surface area contributed by atoms with Gasteiger partial charge in [0.15, 0.2) is 5.82 Å². The van der Waals surface area contributed by atoms with E-state index in [4.69, 9.17) is 9.26 Å². The van der Waals surface area contributed by atoms with Crippen LogP contribution in [0, 0.1) is 5.92 Å². The molecule has 7 heteroatoms. The molecule has 2 aliphatic rings. The zero-order valence-corrected chi connectivity index (χ0v) is 15.0. The summed E-state index contributed by atoms with van der Waals surface area (Å²) in [5.74, 6) is 1.59. The number of amides is 2. The third-order valence-electron chi connectivity index (χ3n) is 4.83. The van der Waals surface area contributed by atoms with Gasteiger partial charge in [0.05, 0.1) is 0 Å². The maximum absolute atomic E-state index is 12.5. The van der Waals surface area contributed by atoms with E-state index in [-0.39, 0.29) is 30.0 Å². The van der Waals surface area contributed by atoms with E-state index in [2.05, 4.69) is 32.9 Å². The van der Waals surface area contributed by atoms with Gasteiger partial charge >= 0.3 is 6.03 Å². The SMILES string of the molecule is CC(C)c1noc([C@@H](NC(=O)N[C@@H]2C=CCCC2)C2CCOCC2)n1. The molecule has 1 aliphatic heterocycles. The minimum Gasteiger partial charge on any atom is -0.381 e. The smallest absolute Gasteiger partial charge is 0.315 e. The Balaban J connectivity index is 1.69. The average molecular weight is 348 g/mol. The van der Waals surface area contributed by atoms with Crippen LogP contribution in [-0.4, -0.2) is 35.4 Å². The predicted octanol–water partition coefficient (Wildman–Crippen LogP) is 3.07. The molecule has 1 fully saturated rings. The Hall–Kier alpha value is -1.89. The molecule has 0 unspecified atom stereocenters. The third-order valence-corrected chi connectivity index (χ3v) is 4.83. The first-order valence-corrected chi connectivity index (χ1v) is 9.28. The minimum absolute atomic E-state index is 0.0954. The van der Waals surface area contributed by atoms with E-state index in [0.29, 0.717) is 24.9 Å². The predicted molar refractivity (Wildman–Crippen MR) is 93.1 cm³/mol. The number of rotatable bonds is 5. The largest absolute Gasteiger partial charge is 0.381 e. The van der Waals surface area contributed by atoms with E-state index in [1.165, 1.54) is 0 Å². The molecule has 1 saturated heterocycles. The summed E-state index contributed by atoms with van der Waals surface area (Å²) in [5.41, 5.74) is 0. The number of ether oxygens (including phenoxy) is 1. The summed E-state index contributed by atoms with van der Waals surface area (Å²) >= 11 is 0. The maximum Gasteiger partial charge on any atom is 0.315 e. The second-order valence-corrected chi connectivity index (χ2v) is 7.16. The standard InChI is InChI=1S/C18H28N4O3/c1-12(2)16-21-17(25-22-16)15(13-8-10-24-11-9-13)20-18(23)19-14-6-4-3-5-7-14/h4,6,12-15H,3,5,7-11H2,1-2H3,(H2,19,20,23)/t14-,15+/m1/s1. The van der Waals surface area contributed by atoms with Crippen molar-refractivity contribution < 1.29 is 14.1 Å². The van der Waals surface area contributed by atoms with E-state index in [9.17, 15) is 4.79 Å². The van der Waals surface area contributed by atoms with Crippen LogP contribution in [0.25, 0.3) is 0 Å². The summed E-state index contributed by atoms with van der Waals surface area (Å²) in [7, 11) is 0. The Morgan fingerprint density at radius 2 is 2.08 bits per heavy atom. The summed E-state index contributed by atoms with van der Waals surface area (Å²) in [4.78, 5) is 17.0. The molecule has 0 saturated carbocycles. The molecule has 1 aromatic rings. The van der Waals surface area contributed by atoms with E-state index in [1.807, 2.05) is 13.8 Å². The highest BCUT2D eigenvalue weighted by molar-refractivity contribution is 5.75. The molecule has 0 bridgehead atoms. The fourth-order valence-electron chi connectivity index (χ4n) is 3.32. The lowest BCUT2D eigenvalue weighted by molar-refractivity contribution is 0.0503. The minimum atomic E-state index is -0.281.